The van der Waals surface area contributed by atoms with Crippen molar-refractivity contribution in [1.82, 2.24) is 9.80 Å². The van der Waals surface area contributed by atoms with Gasteiger partial charge in [0.1, 0.15) is 0 Å². The molecule has 1 aliphatic rings. The van der Waals surface area contributed by atoms with E-state index < -0.39 is 0 Å². The first-order chi connectivity index (χ1) is 10.1. The maximum absolute atomic E-state index is 12.2. The Balaban J connectivity index is 1.79. The molecule has 21 heavy (non-hydrogen) atoms. The molecule has 0 aliphatic carbocycles. The van der Waals surface area contributed by atoms with E-state index in [1.54, 1.807) is 6.07 Å². The summed E-state index contributed by atoms with van der Waals surface area (Å²) in [6.45, 7) is 9.05. The Morgan fingerprint density at radius 1 is 1.24 bits per heavy atom. The van der Waals surface area contributed by atoms with Gasteiger partial charge < -0.3 is 10.2 Å². The van der Waals surface area contributed by atoms with Gasteiger partial charge in [-0.2, -0.15) is 0 Å². The fraction of sp³-hybridized carbons (Fsp3) is 0.562. The molecular weight excluding hydrogens is 286 g/mol. The van der Waals surface area contributed by atoms with Crippen LogP contribution in [-0.2, 0) is 0 Å². The second kappa shape index (κ2) is 7.66. The molecule has 1 aromatic rings. The summed E-state index contributed by atoms with van der Waals surface area (Å²) in [5.74, 6) is 0.728. The average molecular weight is 310 g/mol. The van der Waals surface area contributed by atoms with E-state index in [1.807, 2.05) is 23.1 Å². The number of nitrogens with zero attached hydrogens (tertiary/aromatic N) is 2. The molecule has 0 saturated carbocycles. The number of anilines is 1. The van der Waals surface area contributed by atoms with E-state index in [2.05, 4.69) is 24.1 Å². The zero-order valence-electron chi connectivity index (χ0n) is 12.8. The van der Waals surface area contributed by atoms with E-state index in [0.717, 1.165) is 38.6 Å². The molecule has 1 fully saturated rings. The van der Waals surface area contributed by atoms with E-state index in [1.165, 1.54) is 6.42 Å². The summed E-state index contributed by atoms with van der Waals surface area (Å²) in [5.41, 5.74) is 0.673. The number of hydrogen-bond acceptors (Lipinski definition) is 2. The molecule has 2 amide bonds. The molecule has 0 unspecified atom stereocenters. The number of carbonyl (C=O) groups is 1. The van der Waals surface area contributed by atoms with Crippen LogP contribution in [0.5, 0.6) is 0 Å². The lowest BCUT2D eigenvalue weighted by Crippen LogP contribution is -2.50. The zero-order chi connectivity index (χ0) is 15.2. The molecule has 0 bridgehead atoms. The number of para-hydroxylation sites is 1. The normalized spacial score (nSPS) is 16.3. The van der Waals surface area contributed by atoms with Gasteiger partial charge in [0.25, 0.3) is 0 Å². The lowest BCUT2D eigenvalue weighted by atomic mass is 10.1. The molecule has 4 nitrogen and oxygen atoms in total. The smallest absolute Gasteiger partial charge is 0.321 e. The minimum Gasteiger partial charge on any atom is -0.322 e. The summed E-state index contributed by atoms with van der Waals surface area (Å²) >= 11 is 6.06. The Bertz CT molecular complexity index is 470. The van der Waals surface area contributed by atoms with E-state index in [-0.39, 0.29) is 6.03 Å². The Hall–Kier alpha value is -1.26. The van der Waals surface area contributed by atoms with Crippen molar-refractivity contribution in [2.75, 3.05) is 38.0 Å². The predicted molar refractivity (Wildman–Crippen MR) is 87.9 cm³/mol. The highest BCUT2D eigenvalue weighted by atomic mass is 35.5. The first-order valence-corrected chi connectivity index (χ1v) is 7.97. The van der Waals surface area contributed by atoms with Crippen LogP contribution in [0.4, 0.5) is 10.5 Å². The molecule has 0 atom stereocenters. The van der Waals surface area contributed by atoms with Crippen LogP contribution in [-0.4, -0.2) is 48.6 Å². The molecule has 1 aliphatic heterocycles. The summed E-state index contributed by atoms with van der Waals surface area (Å²) in [6, 6.07) is 7.25. The number of urea groups is 1. The van der Waals surface area contributed by atoms with Crippen molar-refractivity contribution < 1.29 is 4.79 Å². The van der Waals surface area contributed by atoms with Gasteiger partial charge in [0.05, 0.1) is 10.7 Å². The van der Waals surface area contributed by atoms with Crippen molar-refractivity contribution in [2.45, 2.75) is 20.3 Å². The Morgan fingerprint density at radius 3 is 2.52 bits per heavy atom. The van der Waals surface area contributed by atoms with E-state index in [9.17, 15) is 4.79 Å². The third kappa shape index (κ3) is 4.90. The third-order valence-electron chi connectivity index (χ3n) is 3.80. The van der Waals surface area contributed by atoms with Gasteiger partial charge in [-0.1, -0.05) is 37.6 Å². The topological polar surface area (TPSA) is 35.6 Å². The number of piperazine rings is 1. The van der Waals surface area contributed by atoms with Crippen LogP contribution in [0, 0.1) is 5.92 Å². The van der Waals surface area contributed by atoms with Crippen molar-refractivity contribution in [2.24, 2.45) is 5.92 Å². The monoisotopic (exact) mass is 309 g/mol. The van der Waals surface area contributed by atoms with Crippen molar-refractivity contribution in [3.05, 3.63) is 29.3 Å². The number of halogens is 1. The molecule has 1 aromatic carbocycles. The number of rotatable bonds is 4. The maximum Gasteiger partial charge on any atom is 0.321 e. The lowest BCUT2D eigenvalue weighted by molar-refractivity contribution is 0.143. The van der Waals surface area contributed by atoms with Gasteiger partial charge in [-0.3, -0.25) is 4.90 Å². The highest BCUT2D eigenvalue weighted by molar-refractivity contribution is 6.33. The summed E-state index contributed by atoms with van der Waals surface area (Å²) < 4.78 is 0. The maximum atomic E-state index is 12.2. The van der Waals surface area contributed by atoms with Crippen LogP contribution < -0.4 is 5.32 Å². The molecule has 1 N–H and O–H groups in total. The van der Waals surface area contributed by atoms with Crippen LogP contribution in [0.2, 0.25) is 5.02 Å². The quantitative estimate of drug-likeness (QED) is 0.923. The van der Waals surface area contributed by atoms with Crippen molar-refractivity contribution in [3.63, 3.8) is 0 Å². The fourth-order valence-electron chi connectivity index (χ4n) is 2.37. The zero-order valence-corrected chi connectivity index (χ0v) is 13.6. The number of hydrogen-bond donors (Lipinski definition) is 1. The highest BCUT2D eigenvalue weighted by Gasteiger charge is 2.21. The first-order valence-electron chi connectivity index (χ1n) is 7.59. The Morgan fingerprint density at radius 2 is 1.90 bits per heavy atom. The van der Waals surface area contributed by atoms with Gasteiger partial charge >= 0.3 is 6.03 Å². The summed E-state index contributed by atoms with van der Waals surface area (Å²) in [7, 11) is 0. The molecule has 1 saturated heterocycles. The number of nitrogens with one attached hydrogen (secondary N) is 1. The molecule has 2 rings (SSSR count). The SMILES string of the molecule is CC(C)CCN1CCN(C(=O)Nc2ccccc2Cl)CC1. The number of amides is 2. The molecule has 116 valence electrons. The molecule has 0 spiro atoms. The Kier molecular flexibility index (Phi) is 5.88. The lowest BCUT2D eigenvalue weighted by Gasteiger charge is -2.35. The van der Waals surface area contributed by atoms with Crippen LogP contribution in [0.15, 0.2) is 24.3 Å². The number of benzene rings is 1. The van der Waals surface area contributed by atoms with Gasteiger partial charge in [-0.15, -0.1) is 0 Å². The van der Waals surface area contributed by atoms with Gasteiger partial charge in [0, 0.05) is 26.2 Å². The third-order valence-corrected chi connectivity index (χ3v) is 4.13. The van der Waals surface area contributed by atoms with E-state index >= 15 is 0 Å². The average Bonchev–Trinajstić information content (AvgIpc) is 2.48. The van der Waals surface area contributed by atoms with Crippen LogP contribution >= 0.6 is 11.6 Å². The largest absolute Gasteiger partial charge is 0.322 e. The molecule has 1 heterocycles. The van der Waals surface area contributed by atoms with Crippen LogP contribution in [0.3, 0.4) is 0 Å². The van der Waals surface area contributed by atoms with Crippen LogP contribution in [0.1, 0.15) is 20.3 Å². The van der Waals surface area contributed by atoms with E-state index in [0.29, 0.717) is 10.7 Å². The second-order valence-corrected chi connectivity index (χ2v) is 6.33. The Labute approximate surface area is 132 Å². The van der Waals surface area contributed by atoms with Crippen molar-refractivity contribution >= 4 is 23.3 Å². The summed E-state index contributed by atoms with van der Waals surface area (Å²) in [4.78, 5) is 16.5. The van der Waals surface area contributed by atoms with Crippen LogP contribution in [0.25, 0.3) is 0 Å². The standard InChI is InChI=1S/C16H24ClN3O/c1-13(2)7-8-19-9-11-20(12-10-19)16(21)18-15-6-4-3-5-14(15)17/h3-6,13H,7-12H2,1-2H3,(H,18,21). The summed E-state index contributed by atoms with van der Waals surface area (Å²) in [6.07, 6.45) is 1.21. The number of carbonyl (C=O) groups excluding carboxylic acids is 1. The minimum absolute atomic E-state index is 0.0633. The molecular formula is C16H24ClN3O. The summed E-state index contributed by atoms with van der Waals surface area (Å²) in [5, 5.41) is 3.45. The predicted octanol–water partition coefficient (Wildman–Crippen LogP) is 3.54. The minimum atomic E-state index is -0.0633. The first kappa shape index (κ1) is 16.1. The van der Waals surface area contributed by atoms with Gasteiger partial charge in [0.15, 0.2) is 0 Å². The molecule has 0 radical (unpaired) electrons. The van der Waals surface area contributed by atoms with Gasteiger partial charge in [-0.05, 0) is 31.0 Å². The van der Waals surface area contributed by atoms with Crippen molar-refractivity contribution in [3.8, 4) is 0 Å². The molecule has 0 aromatic heterocycles. The fourth-order valence-corrected chi connectivity index (χ4v) is 2.56. The van der Waals surface area contributed by atoms with Gasteiger partial charge in [-0.25, -0.2) is 4.79 Å². The highest BCUT2D eigenvalue weighted by Crippen LogP contribution is 2.21. The molecule has 5 heteroatoms. The van der Waals surface area contributed by atoms with Gasteiger partial charge in [0.2, 0.25) is 0 Å². The van der Waals surface area contributed by atoms with Crippen molar-refractivity contribution in [1.29, 1.82) is 0 Å². The second-order valence-electron chi connectivity index (χ2n) is 5.92. The van der Waals surface area contributed by atoms with E-state index in [4.69, 9.17) is 11.6 Å².